The molecule has 2 aliphatic heterocycles. The van der Waals surface area contributed by atoms with Gasteiger partial charge in [-0.1, -0.05) is 61.1 Å². The number of allylic oxidation sites excluding steroid dienone is 3. The van der Waals surface area contributed by atoms with E-state index in [0.717, 1.165) is 12.8 Å². The fraction of sp³-hybridized carbons (Fsp3) is 0.826. The van der Waals surface area contributed by atoms with E-state index in [-0.39, 0.29) is 21.7 Å². The standard InChI is InChI=1S/C23H41BN2/c1-15-12-21(6,7)19-18(17(3)25-15)20(4,5)13-16(2)26(11)23(10,24)14-22(19,8)9/h12,16,18-19,25H,3,13-14H2,1-2,4-11H3. The molecule has 4 atom stereocenters. The van der Waals surface area contributed by atoms with Gasteiger partial charge in [0.25, 0.3) is 0 Å². The molecular formula is C23H41BN2. The van der Waals surface area contributed by atoms with Gasteiger partial charge in [-0.05, 0) is 61.3 Å². The van der Waals surface area contributed by atoms with Crippen LogP contribution in [0.2, 0.25) is 0 Å². The molecule has 0 aromatic heterocycles. The van der Waals surface area contributed by atoms with Crippen molar-refractivity contribution in [3.05, 3.63) is 24.0 Å². The smallest absolute Gasteiger partial charge is 0.0953 e. The number of nitrogens with zero attached hydrogens (tertiary/aromatic N) is 1. The summed E-state index contributed by atoms with van der Waals surface area (Å²) in [5.74, 6) is 0.829. The van der Waals surface area contributed by atoms with Crippen molar-refractivity contribution in [2.45, 2.75) is 86.6 Å². The van der Waals surface area contributed by atoms with E-state index in [2.05, 4.69) is 92.2 Å². The number of nitrogens with one attached hydrogen (secondary N) is 1. The average molecular weight is 356 g/mol. The average Bonchev–Trinajstić information content (AvgIpc) is 2.47. The van der Waals surface area contributed by atoms with Crippen LogP contribution in [0.5, 0.6) is 0 Å². The molecule has 2 radical (unpaired) electrons. The molecule has 0 amide bonds. The van der Waals surface area contributed by atoms with E-state index in [4.69, 9.17) is 7.85 Å². The second-order valence-electron chi connectivity index (χ2n) is 11.4. The lowest BCUT2D eigenvalue weighted by Gasteiger charge is -2.53. The van der Waals surface area contributed by atoms with Crippen LogP contribution in [0.3, 0.4) is 0 Å². The quantitative estimate of drug-likeness (QED) is 0.591. The summed E-state index contributed by atoms with van der Waals surface area (Å²) < 4.78 is 0. The van der Waals surface area contributed by atoms with Crippen LogP contribution in [0, 0.1) is 28.1 Å². The van der Waals surface area contributed by atoms with Crippen LogP contribution in [0.4, 0.5) is 0 Å². The first-order chi connectivity index (χ1) is 11.5. The summed E-state index contributed by atoms with van der Waals surface area (Å²) in [4.78, 5) is 2.39. The topological polar surface area (TPSA) is 15.3 Å². The molecule has 0 aromatic carbocycles. The Labute approximate surface area is 164 Å². The highest BCUT2D eigenvalue weighted by atomic mass is 15.2. The van der Waals surface area contributed by atoms with E-state index >= 15 is 0 Å². The maximum Gasteiger partial charge on any atom is 0.0953 e. The van der Waals surface area contributed by atoms with Crippen LogP contribution >= 0.6 is 0 Å². The molecule has 26 heavy (non-hydrogen) atoms. The van der Waals surface area contributed by atoms with E-state index in [0.29, 0.717) is 17.9 Å². The molecule has 146 valence electrons. The molecule has 2 rings (SSSR count). The van der Waals surface area contributed by atoms with Crippen LogP contribution < -0.4 is 5.32 Å². The van der Waals surface area contributed by atoms with Crippen molar-refractivity contribution < 1.29 is 0 Å². The first-order valence-electron chi connectivity index (χ1n) is 10.2. The Balaban J connectivity index is 2.74. The van der Waals surface area contributed by atoms with Gasteiger partial charge in [-0.2, -0.15) is 0 Å². The van der Waals surface area contributed by atoms with Crippen molar-refractivity contribution in [1.29, 1.82) is 0 Å². The van der Waals surface area contributed by atoms with E-state index < -0.39 is 0 Å². The molecule has 2 nitrogen and oxygen atoms in total. The Kier molecular flexibility index (Phi) is 5.34. The fourth-order valence-corrected chi connectivity index (χ4v) is 6.71. The van der Waals surface area contributed by atoms with Crippen LogP contribution in [0.15, 0.2) is 24.0 Å². The van der Waals surface area contributed by atoms with Gasteiger partial charge in [0.2, 0.25) is 0 Å². The highest BCUT2D eigenvalue weighted by molar-refractivity contribution is 6.15. The van der Waals surface area contributed by atoms with Gasteiger partial charge in [0, 0.05) is 23.4 Å². The SMILES string of the molecule is [B]C1(C)CC(C)(C)C2C(C(=C)NC(C)=CC2(C)C)C(C)(C)CC(C)N1C. The van der Waals surface area contributed by atoms with Gasteiger partial charge in [0.15, 0.2) is 0 Å². The Morgan fingerprint density at radius 2 is 1.65 bits per heavy atom. The van der Waals surface area contributed by atoms with Gasteiger partial charge in [-0.15, -0.1) is 0 Å². The van der Waals surface area contributed by atoms with Crippen LogP contribution in [-0.2, 0) is 0 Å². The van der Waals surface area contributed by atoms with Gasteiger partial charge < -0.3 is 10.2 Å². The number of rotatable bonds is 0. The largest absolute Gasteiger partial charge is 0.363 e. The molecule has 0 bridgehead atoms. The zero-order chi connectivity index (χ0) is 20.3. The van der Waals surface area contributed by atoms with E-state index in [9.17, 15) is 0 Å². The molecule has 2 heterocycles. The third kappa shape index (κ3) is 3.79. The third-order valence-corrected chi connectivity index (χ3v) is 7.24. The molecule has 4 unspecified atom stereocenters. The summed E-state index contributed by atoms with van der Waals surface area (Å²) in [6.07, 6.45) is 4.48. The highest BCUT2D eigenvalue weighted by Gasteiger charge is 2.54. The molecule has 3 heteroatoms. The molecule has 1 fully saturated rings. The molecular weight excluding hydrogens is 315 g/mol. The number of hydrogen-bond acceptors (Lipinski definition) is 2. The summed E-state index contributed by atoms with van der Waals surface area (Å²) in [5, 5.41) is 3.63. The number of hydrogen-bond donors (Lipinski definition) is 1. The van der Waals surface area contributed by atoms with Crippen molar-refractivity contribution in [3.63, 3.8) is 0 Å². The van der Waals surface area contributed by atoms with Gasteiger partial charge in [-0.25, -0.2) is 0 Å². The lowest BCUT2D eigenvalue weighted by Crippen LogP contribution is -2.52. The monoisotopic (exact) mass is 356 g/mol. The summed E-state index contributed by atoms with van der Waals surface area (Å²) in [6.45, 7) is 25.7. The van der Waals surface area contributed by atoms with Crippen molar-refractivity contribution in [3.8, 4) is 0 Å². The predicted molar refractivity (Wildman–Crippen MR) is 115 cm³/mol. The molecule has 0 aliphatic carbocycles. The number of fused-ring (bicyclic) bond motifs is 1. The van der Waals surface area contributed by atoms with Gasteiger partial charge >= 0.3 is 0 Å². The Morgan fingerprint density at radius 3 is 2.19 bits per heavy atom. The summed E-state index contributed by atoms with van der Waals surface area (Å²) in [6, 6.07) is 0.419. The second-order valence-corrected chi connectivity index (χ2v) is 11.4. The van der Waals surface area contributed by atoms with Crippen molar-refractivity contribution in [2.24, 2.45) is 28.1 Å². The minimum absolute atomic E-state index is 0.0597. The van der Waals surface area contributed by atoms with Crippen LogP contribution in [-0.4, -0.2) is 31.3 Å². The summed E-state index contributed by atoms with van der Waals surface area (Å²) >= 11 is 0. The molecule has 1 saturated heterocycles. The maximum absolute atomic E-state index is 6.90. The first-order valence-corrected chi connectivity index (χ1v) is 10.2. The Hall–Kier alpha value is -0.695. The maximum atomic E-state index is 6.90. The lowest BCUT2D eigenvalue weighted by molar-refractivity contribution is -0.000873. The highest BCUT2D eigenvalue weighted by Crippen LogP contribution is 2.58. The van der Waals surface area contributed by atoms with Crippen molar-refractivity contribution >= 4 is 7.85 Å². The van der Waals surface area contributed by atoms with Crippen molar-refractivity contribution in [2.75, 3.05) is 7.05 Å². The summed E-state index contributed by atoms with van der Waals surface area (Å²) in [5.41, 5.74) is 2.31. The van der Waals surface area contributed by atoms with Crippen LogP contribution in [0.1, 0.15) is 75.2 Å². The van der Waals surface area contributed by atoms with Crippen molar-refractivity contribution in [1.82, 2.24) is 10.2 Å². The second kappa shape index (κ2) is 6.43. The van der Waals surface area contributed by atoms with E-state index in [1.165, 1.54) is 11.4 Å². The third-order valence-electron chi connectivity index (χ3n) is 7.24. The van der Waals surface area contributed by atoms with E-state index in [1.54, 1.807) is 0 Å². The Morgan fingerprint density at radius 1 is 1.12 bits per heavy atom. The molecule has 0 spiro atoms. The van der Waals surface area contributed by atoms with E-state index in [1.807, 2.05) is 0 Å². The molecule has 1 N–H and O–H groups in total. The molecule has 0 aromatic rings. The zero-order valence-electron chi connectivity index (χ0n) is 19.0. The zero-order valence-corrected chi connectivity index (χ0v) is 19.0. The van der Waals surface area contributed by atoms with Crippen LogP contribution in [0.25, 0.3) is 0 Å². The minimum atomic E-state index is -0.330. The first kappa shape index (κ1) is 21.6. The minimum Gasteiger partial charge on any atom is -0.363 e. The lowest BCUT2D eigenvalue weighted by atomic mass is 9.51. The van der Waals surface area contributed by atoms with Gasteiger partial charge in [0.05, 0.1) is 7.85 Å². The Bertz CT molecular complexity index is 597. The van der Waals surface area contributed by atoms with Gasteiger partial charge in [0.1, 0.15) is 0 Å². The predicted octanol–water partition coefficient (Wildman–Crippen LogP) is 5.32. The summed E-state index contributed by atoms with van der Waals surface area (Å²) in [7, 11) is 9.09. The normalized spacial score (nSPS) is 40.2. The molecule has 2 aliphatic rings. The molecule has 0 saturated carbocycles. The fourth-order valence-electron chi connectivity index (χ4n) is 6.71. The van der Waals surface area contributed by atoms with Gasteiger partial charge in [-0.3, -0.25) is 0 Å².